The molecule has 98 valence electrons. The third-order valence-electron chi connectivity index (χ3n) is 2.90. The fraction of sp³-hybridized carbons (Fsp3) is 0.833. The summed E-state index contributed by atoms with van der Waals surface area (Å²) in [6, 6.07) is 0. The van der Waals surface area contributed by atoms with Crippen LogP contribution in [0, 0.1) is 0 Å². The number of nitrogens with one attached hydrogen (secondary N) is 1. The van der Waals surface area contributed by atoms with Crippen LogP contribution in [0.25, 0.3) is 0 Å². The lowest BCUT2D eigenvalue weighted by Crippen LogP contribution is -2.26. The Labute approximate surface area is 102 Å². The van der Waals surface area contributed by atoms with Crippen molar-refractivity contribution in [2.24, 2.45) is 5.73 Å². The summed E-state index contributed by atoms with van der Waals surface area (Å²) < 4.78 is 5.66. The molecule has 0 radical (unpaired) electrons. The van der Waals surface area contributed by atoms with Gasteiger partial charge in [0.05, 0.1) is 6.10 Å². The molecule has 0 atom stereocenters. The minimum Gasteiger partial charge on any atom is -0.378 e. The first kappa shape index (κ1) is 14.0. The van der Waals surface area contributed by atoms with Crippen molar-refractivity contribution in [3.8, 4) is 0 Å². The minimum atomic E-state index is -0.440. The fourth-order valence-electron chi connectivity index (χ4n) is 1.93. The highest BCUT2D eigenvalue weighted by molar-refractivity contribution is 5.82. The fourth-order valence-corrected chi connectivity index (χ4v) is 1.93. The van der Waals surface area contributed by atoms with Gasteiger partial charge in [0.25, 0.3) is 0 Å². The molecule has 3 N–H and O–H groups in total. The van der Waals surface area contributed by atoms with Crippen molar-refractivity contribution in [2.75, 3.05) is 13.2 Å². The quantitative estimate of drug-likeness (QED) is 0.615. The van der Waals surface area contributed by atoms with Crippen LogP contribution in [-0.2, 0) is 14.3 Å². The first-order valence-electron chi connectivity index (χ1n) is 6.35. The van der Waals surface area contributed by atoms with Gasteiger partial charge in [-0.1, -0.05) is 12.8 Å². The molecule has 0 aromatic rings. The van der Waals surface area contributed by atoms with Gasteiger partial charge >= 0.3 is 0 Å². The first-order chi connectivity index (χ1) is 8.18. The first-order valence-corrected chi connectivity index (χ1v) is 6.35. The second-order valence-corrected chi connectivity index (χ2v) is 4.45. The molecule has 0 aliphatic heterocycles. The Bertz CT molecular complexity index is 250. The summed E-state index contributed by atoms with van der Waals surface area (Å²) in [4.78, 5) is 21.7. The Morgan fingerprint density at radius 3 is 2.59 bits per heavy atom. The van der Waals surface area contributed by atoms with Crippen LogP contribution in [-0.4, -0.2) is 31.1 Å². The van der Waals surface area contributed by atoms with Crippen LogP contribution in [0.15, 0.2) is 0 Å². The molecule has 5 nitrogen and oxygen atoms in total. The number of carbonyl (C=O) groups excluding carboxylic acids is 2. The van der Waals surface area contributed by atoms with E-state index in [1.54, 1.807) is 0 Å². The van der Waals surface area contributed by atoms with Crippen LogP contribution in [0.4, 0.5) is 0 Å². The Morgan fingerprint density at radius 2 is 1.94 bits per heavy atom. The molecule has 0 bridgehead atoms. The summed E-state index contributed by atoms with van der Waals surface area (Å²) in [5.41, 5.74) is 4.95. The number of primary amides is 1. The molecule has 1 fully saturated rings. The average molecular weight is 242 g/mol. The number of carbonyl (C=O) groups is 2. The van der Waals surface area contributed by atoms with E-state index in [0.717, 1.165) is 6.42 Å². The van der Waals surface area contributed by atoms with Gasteiger partial charge in [0.15, 0.2) is 0 Å². The molecule has 0 unspecified atom stereocenters. The van der Waals surface area contributed by atoms with E-state index in [1.165, 1.54) is 25.7 Å². The Kier molecular flexibility index (Phi) is 6.62. The van der Waals surface area contributed by atoms with Crippen LogP contribution in [0.2, 0.25) is 0 Å². The molecule has 5 heteroatoms. The van der Waals surface area contributed by atoms with Crippen molar-refractivity contribution in [3.63, 3.8) is 0 Å². The van der Waals surface area contributed by atoms with Crippen molar-refractivity contribution in [2.45, 2.75) is 51.0 Å². The molecule has 0 aromatic heterocycles. The van der Waals surface area contributed by atoms with Gasteiger partial charge in [0.1, 0.15) is 0 Å². The van der Waals surface area contributed by atoms with Crippen LogP contribution < -0.4 is 11.1 Å². The molecular weight excluding hydrogens is 220 g/mol. The van der Waals surface area contributed by atoms with E-state index in [4.69, 9.17) is 10.5 Å². The number of rotatable bonds is 8. The molecular formula is C12H22N2O3. The monoisotopic (exact) mass is 242 g/mol. The maximum Gasteiger partial charge on any atom is 0.220 e. The zero-order chi connectivity index (χ0) is 12.5. The highest BCUT2D eigenvalue weighted by atomic mass is 16.5. The summed E-state index contributed by atoms with van der Waals surface area (Å²) in [7, 11) is 0. The number of hydrogen-bond acceptors (Lipinski definition) is 3. The molecule has 1 saturated carbocycles. The molecule has 0 aromatic carbocycles. The van der Waals surface area contributed by atoms with Crippen molar-refractivity contribution in [1.29, 1.82) is 0 Å². The van der Waals surface area contributed by atoms with E-state index in [1.807, 2.05) is 0 Å². The molecule has 17 heavy (non-hydrogen) atoms. The average Bonchev–Trinajstić information content (AvgIpc) is 2.79. The standard InChI is InChI=1S/C12H22N2O3/c13-11(15)6-7-12(16)14-8-3-9-17-10-4-1-2-5-10/h10H,1-9H2,(H2,13,15)(H,14,16). The lowest BCUT2D eigenvalue weighted by Gasteiger charge is -2.10. The highest BCUT2D eigenvalue weighted by Crippen LogP contribution is 2.20. The van der Waals surface area contributed by atoms with Gasteiger partial charge < -0.3 is 15.8 Å². The lowest BCUT2D eigenvalue weighted by molar-refractivity contribution is -0.125. The van der Waals surface area contributed by atoms with Crippen LogP contribution >= 0.6 is 0 Å². The van der Waals surface area contributed by atoms with Crippen LogP contribution in [0.3, 0.4) is 0 Å². The third-order valence-corrected chi connectivity index (χ3v) is 2.90. The molecule has 1 rings (SSSR count). The molecule has 1 aliphatic rings. The van der Waals surface area contributed by atoms with Crippen molar-refractivity contribution < 1.29 is 14.3 Å². The number of ether oxygens (including phenoxy) is 1. The van der Waals surface area contributed by atoms with Gasteiger partial charge in [0, 0.05) is 26.0 Å². The van der Waals surface area contributed by atoms with E-state index < -0.39 is 5.91 Å². The van der Waals surface area contributed by atoms with Crippen LogP contribution in [0.5, 0.6) is 0 Å². The zero-order valence-corrected chi connectivity index (χ0v) is 10.2. The summed E-state index contributed by atoms with van der Waals surface area (Å²) in [5, 5.41) is 2.74. The highest BCUT2D eigenvalue weighted by Gasteiger charge is 2.14. The minimum absolute atomic E-state index is 0.115. The Hall–Kier alpha value is -1.10. The van der Waals surface area contributed by atoms with E-state index in [-0.39, 0.29) is 18.7 Å². The Morgan fingerprint density at radius 1 is 1.24 bits per heavy atom. The largest absolute Gasteiger partial charge is 0.378 e. The van der Waals surface area contributed by atoms with Crippen molar-refractivity contribution >= 4 is 11.8 Å². The van der Waals surface area contributed by atoms with E-state index in [9.17, 15) is 9.59 Å². The normalized spacial score (nSPS) is 16.0. The molecule has 0 heterocycles. The van der Waals surface area contributed by atoms with Gasteiger partial charge in [-0.3, -0.25) is 9.59 Å². The van der Waals surface area contributed by atoms with Gasteiger partial charge in [-0.05, 0) is 19.3 Å². The summed E-state index contributed by atoms with van der Waals surface area (Å²) in [6.07, 6.45) is 6.43. The molecule has 1 aliphatic carbocycles. The van der Waals surface area contributed by atoms with Gasteiger partial charge in [0.2, 0.25) is 11.8 Å². The zero-order valence-electron chi connectivity index (χ0n) is 10.2. The number of amides is 2. The van der Waals surface area contributed by atoms with E-state index >= 15 is 0 Å². The van der Waals surface area contributed by atoms with E-state index in [2.05, 4.69) is 5.32 Å². The van der Waals surface area contributed by atoms with Crippen molar-refractivity contribution in [1.82, 2.24) is 5.32 Å². The second-order valence-electron chi connectivity index (χ2n) is 4.45. The molecule has 0 saturated heterocycles. The van der Waals surface area contributed by atoms with Crippen LogP contribution in [0.1, 0.15) is 44.9 Å². The Balaban J connectivity index is 1.89. The van der Waals surface area contributed by atoms with Crippen molar-refractivity contribution in [3.05, 3.63) is 0 Å². The number of nitrogens with two attached hydrogens (primary N) is 1. The second kappa shape index (κ2) is 8.06. The van der Waals surface area contributed by atoms with E-state index in [0.29, 0.717) is 19.3 Å². The smallest absolute Gasteiger partial charge is 0.220 e. The SMILES string of the molecule is NC(=O)CCC(=O)NCCCOC1CCCC1. The number of hydrogen-bond donors (Lipinski definition) is 2. The third kappa shape index (κ3) is 6.94. The summed E-state index contributed by atoms with van der Waals surface area (Å²) >= 11 is 0. The summed E-state index contributed by atoms with van der Waals surface area (Å²) in [5.74, 6) is -0.561. The lowest BCUT2D eigenvalue weighted by atomic mass is 10.3. The summed E-state index contributed by atoms with van der Waals surface area (Å²) in [6.45, 7) is 1.30. The van der Waals surface area contributed by atoms with Gasteiger partial charge in [-0.15, -0.1) is 0 Å². The van der Waals surface area contributed by atoms with Gasteiger partial charge in [-0.2, -0.15) is 0 Å². The molecule has 0 spiro atoms. The maximum absolute atomic E-state index is 11.2. The molecule has 2 amide bonds. The predicted octanol–water partition coefficient (Wildman–Crippen LogP) is 0.717. The maximum atomic E-state index is 11.2. The van der Waals surface area contributed by atoms with Gasteiger partial charge in [-0.25, -0.2) is 0 Å². The topological polar surface area (TPSA) is 81.4 Å². The predicted molar refractivity (Wildman–Crippen MR) is 64.3 cm³/mol.